The fourth-order valence-corrected chi connectivity index (χ4v) is 2.20. The number of benzene rings is 2. The first kappa shape index (κ1) is 17.7. The Balaban J connectivity index is 1.96. The number of hydrogen-bond acceptors (Lipinski definition) is 3. The Bertz CT molecular complexity index is 804. The molecule has 4 N–H and O–H groups in total. The Kier molecular flexibility index (Phi) is 6.06. The van der Waals surface area contributed by atoms with Crippen LogP contribution in [0, 0.1) is 0 Å². The van der Waals surface area contributed by atoms with Crippen LogP contribution < -0.4 is 16.4 Å². The van der Waals surface area contributed by atoms with Crippen LogP contribution in [0.3, 0.4) is 0 Å². The van der Waals surface area contributed by atoms with Gasteiger partial charge in [0.05, 0.1) is 11.3 Å². The second kappa shape index (κ2) is 8.24. The van der Waals surface area contributed by atoms with Crippen molar-refractivity contribution >= 4 is 52.5 Å². The van der Waals surface area contributed by atoms with Crippen molar-refractivity contribution in [2.75, 3.05) is 5.32 Å². The molecule has 2 amide bonds. The van der Waals surface area contributed by atoms with Crippen LogP contribution in [0.5, 0.6) is 0 Å². The van der Waals surface area contributed by atoms with Crippen molar-refractivity contribution < 1.29 is 9.59 Å². The molecule has 0 radical (unpaired) electrons. The number of halogens is 1. The topological polar surface area (TPSA) is 84.2 Å². The minimum atomic E-state index is -0.588. The third-order valence-electron chi connectivity index (χ3n) is 2.97. The van der Waals surface area contributed by atoms with Gasteiger partial charge in [0, 0.05) is 11.1 Å². The van der Waals surface area contributed by atoms with Crippen LogP contribution >= 0.6 is 23.8 Å². The average Bonchev–Trinajstić information content (AvgIpc) is 2.54. The van der Waals surface area contributed by atoms with E-state index in [-0.39, 0.29) is 10.7 Å². The zero-order chi connectivity index (χ0) is 17.5. The summed E-state index contributed by atoms with van der Waals surface area (Å²) in [6, 6.07) is 13.6. The highest BCUT2D eigenvalue weighted by Crippen LogP contribution is 2.14. The van der Waals surface area contributed by atoms with Crippen LogP contribution in [-0.2, 0) is 4.79 Å². The molecule has 0 aliphatic rings. The molecule has 0 fully saturated rings. The van der Waals surface area contributed by atoms with Gasteiger partial charge in [-0.3, -0.25) is 14.9 Å². The molecule has 0 spiro atoms. The van der Waals surface area contributed by atoms with E-state index in [0.29, 0.717) is 10.7 Å². The van der Waals surface area contributed by atoms with Crippen molar-refractivity contribution in [1.29, 1.82) is 0 Å². The molecule has 0 aliphatic heterocycles. The fourth-order valence-electron chi connectivity index (χ4n) is 1.86. The second-order valence-corrected chi connectivity index (χ2v) is 5.58. The average molecular weight is 360 g/mol. The summed E-state index contributed by atoms with van der Waals surface area (Å²) in [6.45, 7) is 0. The van der Waals surface area contributed by atoms with Gasteiger partial charge in [0.1, 0.15) is 0 Å². The van der Waals surface area contributed by atoms with Gasteiger partial charge in [0.15, 0.2) is 5.11 Å². The normalized spacial score (nSPS) is 10.4. The van der Waals surface area contributed by atoms with Gasteiger partial charge < -0.3 is 11.1 Å². The van der Waals surface area contributed by atoms with Gasteiger partial charge in [-0.15, -0.1) is 0 Å². The van der Waals surface area contributed by atoms with Crippen LogP contribution in [-0.4, -0.2) is 16.9 Å². The standard InChI is InChI=1S/C17H14ClN3O2S/c18-12-8-5-11(6-9-12)7-10-15(22)21-17(24)20-14-4-2-1-3-13(14)16(19)23/h1-10H,(H2,19,23)(H2,20,21,22,24)/b10-7+. The first-order valence-electron chi connectivity index (χ1n) is 6.90. The van der Waals surface area contributed by atoms with E-state index in [2.05, 4.69) is 10.6 Å². The Morgan fingerprint density at radius 1 is 1.08 bits per heavy atom. The largest absolute Gasteiger partial charge is 0.366 e. The molecule has 7 heteroatoms. The zero-order valence-corrected chi connectivity index (χ0v) is 14.0. The lowest BCUT2D eigenvalue weighted by Gasteiger charge is -2.10. The van der Waals surface area contributed by atoms with Gasteiger partial charge in [0.2, 0.25) is 5.91 Å². The number of anilines is 1. The Hall–Kier alpha value is -2.70. The number of para-hydroxylation sites is 1. The summed E-state index contributed by atoms with van der Waals surface area (Å²) in [7, 11) is 0. The number of carbonyl (C=O) groups excluding carboxylic acids is 2. The first-order valence-corrected chi connectivity index (χ1v) is 7.69. The van der Waals surface area contributed by atoms with E-state index in [4.69, 9.17) is 29.6 Å². The van der Waals surface area contributed by atoms with E-state index in [0.717, 1.165) is 5.56 Å². The molecule has 0 aromatic heterocycles. The van der Waals surface area contributed by atoms with E-state index in [1.165, 1.54) is 6.08 Å². The molecule has 2 aromatic carbocycles. The lowest BCUT2D eigenvalue weighted by molar-refractivity contribution is -0.115. The molecular formula is C17H14ClN3O2S. The summed E-state index contributed by atoms with van der Waals surface area (Å²) >= 11 is 10.9. The smallest absolute Gasteiger partial charge is 0.250 e. The molecule has 122 valence electrons. The van der Waals surface area contributed by atoms with E-state index in [1.807, 2.05) is 0 Å². The van der Waals surface area contributed by atoms with Crippen molar-refractivity contribution in [2.45, 2.75) is 0 Å². The van der Waals surface area contributed by atoms with Crippen LogP contribution in [0.1, 0.15) is 15.9 Å². The summed E-state index contributed by atoms with van der Waals surface area (Å²) in [5.41, 5.74) is 6.82. The Labute approximate surface area is 149 Å². The van der Waals surface area contributed by atoms with Gasteiger partial charge in [-0.05, 0) is 48.1 Å². The van der Waals surface area contributed by atoms with E-state index in [1.54, 1.807) is 54.6 Å². The maximum atomic E-state index is 11.9. The molecule has 5 nitrogen and oxygen atoms in total. The maximum absolute atomic E-state index is 11.9. The zero-order valence-electron chi connectivity index (χ0n) is 12.5. The summed E-state index contributed by atoms with van der Waals surface area (Å²) in [5.74, 6) is -0.992. The maximum Gasteiger partial charge on any atom is 0.250 e. The van der Waals surface area contributed by atoms with Crippen molar-refractivity contribution in [3.05, 3.63) is 70.8 Å². The predicted octanol–water partition coefficient (Wildman–Crippen LogP) is 2.97. The third-order valence-corrected chi connectivity index (χ3v) is 3.43. The Morgan fingerprint density at radius 3 is 2.42 bits per heavy atom. The molecule has 24 heavy (non-hydrogen) atoms. The highest BCUT2D eigenvalue weighted by atomic mass is 35.5. The number of nitrogens with two attached hydrogens (primary N) is 1. The number of hydrogen-bond donors (Lipinski definition) is 3. The van der Waals surface area contributed by atoms with E-state index >= 15 is 0 Å². The van der Waals surface area contributed by atoms with Crippen molar-refractivity contribution in [3.63, 3.8) is 0 Å². The third kappa shape index (κ3) is 5.19. The van der Waals surface area contributed by atoms with Crippen LogP contribution in [0.25, 0.3) is 6.08 Å². The molecule has 0 saturated heterocycles. The van der Waals surface area contributed by atoms with Gasteiger partial charge >= 0.3 is 0 Å². The number of amides is 2. The second-order valence-electron chi connectivity index (χ2n) is 4.74. The van der Waals surface area contributed by atoms with Crippen LogP contribution in [0.4, 0.5) is 5.69 Å². The van der Waals surface area contributed by atoms with Gasteiger partial charge in [0.25, 0.3) is 5.91 Å². The molecule has 0 saturated carbocycles. The van der Waals surface area contributed by atoms with Crippen molar-refractivity contribution in [1.82, 2.24) is 5.32 Å². The minimum Gasteiger partial charge on any atom is -0.366 e. The van der Waals surface area contributed by atoms with Gasteiger partial charge in [-0.25, -0.2) is 0 Å². The first-order chi connectivity index (χ1) is 11.5. The number of carbonyl (C=O) groups is 2. The van der Waals surface area contributed by atoms with Gasteiger partial charge in [-0.2, -0.15) is 0 Å². The Morgan fingerprint density at radius 2 is 1.75 bits per heavy atom. The number of rotatable bonds is 4. The summed E-state index contributed by atoms with van der Waals surface area (Å²) in [4.78, 5) is 23.2. The van der Waals surface area contributed by atoms with Crippen LogP contribution in [0.15, 0.2) is 54.6 Å². The predicted molar refractivity (Wildman–Crippen MR) is 99.8 cm³/mol. The molecule has 2 aromatic rings. The van der Waals surface area contributed by atoms with Crippen molar-refractivity contribution in [2.24, 2.45) is 5.73 Å². The molecule has 0 aliphatic carbocycles. The highest BCUT2D eigenvalue weighted by molar-refractivity contribution is 7.80. The lowest BCUT2D eigenvalue weighted by atomic mass is 10.1. The summed E-state index contributed by atoms with van der Waals surface area (Å²) in [5, 5.41) is 5.95. The molecular weight excluding hydrogens is 346 g/mol. The summed E-state index contributed by atoms with van der Waals surface area (Å²) < 4.78 is 0. The monoisotopic (exact) mass is 359 g/mol. The number of nitrogens with one attached hydrogen (secondary N) is 2. The fraction of sp³-hybridized carbons (Fsp3) is 0. The van der Waals surface area contributed by atoms with Crippen molar-refractivity contribution in [3.8, 4) is 0 Å². The quantitative estimate of drug-likeness (QED) is 0.579. The van der Waals surface area contributed by atoms with Gasteiger partial charge in [-0.1, -0.05) is 35.9 Å². The van der Waals surface area contributed by atoms with E-state index < -0.39 is 11.8 Å². The number of primary amides is 1. The van der Waals surface area contributed by atoms with E-state index in [9.17, 15) is 9.59 Å². The molecule has 0 heterocycles. The molecule has 0 atom stereocenters. The highest BCUT2D eigenvalue weighted by Gasteiger charge is 2.09. The lowest BCUT2D eigenvalue weighted by Crippen LogP contribution is -2.33. The molecule has 0 unspecified atom stereocenters. The summed E-state index contributed by atoms with van der Waals surface area (Å²) in [6.07, 6.45) is 2.98. The SMILES string of the molecule is NC(=O)c1ccccc1NC(=S)NC(=O)/C=C/c1ccc(Cl)cc1. The molecule has 0 bridgehead atoms. The van der Waals surface area contributed by atoms with Crippen LogP contribution in [0.2, 0.25) is 5.02 Å². The molecule has 2 rings (SSSR count). The minimum absolute atomic E-state index is 0.0643. The number of thiocarbonyl (C=S) groups is 1.